The second-order valence-electron chi connectivity index (χ2n) is 5.42. The first-order chi connectivity index (χ1) is 10.3. The topological polar surface area (TPSA) is 28.2 Å². The van der Waals surface area contributed by atoms with E-state index in [1.54, 1.807) is 0 Å². The highest BCUT2D eigenvalue weighted by molar-refractivity contribution is 9.11. The van der Waals surface area contributed by atoms with Crippen molar-refractivity contribution >= 4 is 27.3 Å². The molecule has 1 aliphatic heterocycles. The molecule has 0 bridgehead atoms. The van der Waals surface area contributed by atoms with Gasteiger partial charge in [0.25, 0.3) is 0 Å². The second-order valence-corrected chi connectivity index (χ2v) is 7.91. The number of nitrogens with one attached hydrogen (secondary N) is 1. The first kappa shape index (κ1) is 15.2. The quantitative estimate of drug-likeness (QED) is 0.900. The van der Waals surface area contributed by atoms with Crippen molar-refractivity contribution in [3.05, 3.63) is 50.4 Å². The Kier molecular flexibility index (Phi) is 5.06. The molecule has 0 aromatic carbocycles. The number of hydrogen-bond donors (Lipinski definition) is 1. The fraction of sp³-hybridized carbons (Fsp3) is 0.438. The van der Waals surface area contributed by atoms with Crippen LogP contribution in [0.2, 0.25) is 0 Å². The Morgan fingerprint density at radius 3 is 2.95 bits per heavy atom. The van der Waals surface area contributed by atoms with Gasteiger partial charge in [0.05, 0.1) is 9.83 Å². The van der Waals surface area contributed by atoms with Crippen LogP contribution in [-0.2, 0) is 0 Å². The molecule has 0 aliphatic carbocycles. The Balaban J connectivity index is 2.00. The summed E-state index contributed by atoms with van der Waals surface area (Å²) < 4.78 is 1.20. The van der Waals surface area contributed by atoms with E-state index in [2.05, 4.69) is 56.3 Å². The smallest absolute Gasteiger partial charge is 0.0702 e. The lowest BCUT2D eigenvalue weighted by atomic mass is 10.00. The molecule has 1 N–H and O–H groups in total. The number of pyridine rings is 1. The van der Waals surface area contributed by atoms with Gasteiger partial charge in [-0.05, 0) is 65.1 Å². The zero-order chi connectivity index (χ0) is 14.7. The molecule has 2 aromatic rings. The van der Waals surface area contributed by atoms with Gasteiger partial charge in [-0.3, -0.25) is 9.88 Å². The van der Waals surface area contributed by atoms with Crippen LogP contribution >= 0.6 is 27.3 Å². The van der Waals surface area contributed by atoms with Crippen LogP contribution < -0.4 is 5.32 Å². The third kappa shape index (κ3) is 3.54. The van der Waals surface area contributed by atoms with Gasteiger partial charge < -0.3 is 5.32 Å². The zero-order valence-electron chi connectivity index (χ0n) is 12.2. The molecular formula is C16H20BrN3S. The van der Waals surface area contributed by atoms with Crippen molar-refractivity contribution in [1.82, 2.24) is 15.2 Å². The Hall–Kier alpha value is -0.750. The van der Waals surface area contributed by atoms with Crippen LogP contribution in [0.4, 0.5) is 0 Å². The molecule has 3 heterocycles. The maximum Gasteiger partial charge on any atom is 0.0702 e. The van der Waals surface area contributed by atoms with Gasteiger partial charge in [-0.15, -0.1) is 11.3 Å². The van der Waals surface area contributed by atoms with Crippen LogP contribution in [0.15, 0.2) is 34.4 Å². The number of aromatic nitrogens is 1. The van der Waals surface area contributed by atoms with E-state index in [1.165, 1.54) is 26.2 Å². The molecule has 1 aliphatic rings. The molecule has 1 unspecified atom stereocenters. The molecule has 21 heavy (non-hydrogen) atoms. The summed E-state index contributed by atoms with van der Waals surface area (Å²) in [5, 5.41) is 3.49. The predicted octanol–water partition coefficient (Wildman–Crippen LogP) is 3.60. The van der Waals surface area contributed by atoms with Gasteiger partial charge in [0.15, 0.2) is 0 Å². The highest BCUT2D eigenvalue weighted by Crippen LogP contribution is 2.36. The normalized spacial score (nSPS) is 18.4. The van der Waals surface area contributed by atoms with Gasteiger partial charge in [0.2, 0.25) is 0 Å². The summed E-state index contributed by atoms with van der Waals surface area (Å²) >= 11 is 5.44. The van der Waals surface area contributed by atoms with Gasteiger partial charge in [0, 0.05) is 36.9 Å². The van der Waals surface area contributed by atoms with E-state index in [0.717, 1.165) is 26.2 Å². The molecule has 0 radical (unpaired) electrons. The summed E-state index contributed by atoms with van der Waals surface area (Å²) in [5.41, 5.74) is 2.64. The first-order valence-electron chi connectivity index (χ1n) is 7.36. The van der Waals surface area contributed by atoms with Gasteiger partial charge in [-0.1, -0.05) is 0 Å². The zero-order valence-corrected chi connectivity index (χ0v) is 14.6. The lowest BCUT2D eigenvalue weighted by molar-refractivity contribution is 0.243. The van der Waals surface area contributed by atoms with Gasteiger partial charge in [0.1, 0.15) is 0 Å². The summed E-state index contributed by atoms with van der Waals surface area (Å²) in [5.74, 6) is 0. The monoisotopic (exact) mass is 365 g/mol. The lowest BCUT2D eigenvalue weighted by Gasteiger charge is -2.31. The fourth-order valence-corrected chi connectivity index (χ4v) is 4.50. The van der Waals surface area contributed by atoms with Crippen LogP contribution in [0.1, 0.15) is 28.5 Å². The number of nitrogens with zero attached hydrogens (tertiary/aromatic N) is 2. The molecule has 0 amide bonds. The van der Waals surface area contributed by atoms with E-state index in [1.807, 2.05) is 23.7 Å². The van der Waals surface area contributed by atoms with Gasteiger partial charge in [-0.2, -0.15) is 0 Å². The fourth-order valence-electron chi connectivity index (χ4n) is 2.92. The van der Waals surface area contributed by atoms with E-state index in [-0.39, 0.29) is 0 Å². The summed E-state index contributed by atoms with van der Waals surface area (Å²) in [4.78, 5) is 8.25. The molecule has 5 heteroatoms. The highest BCUT2D eigenvalue weighted by Gasteiger charge is 2.25. The molecule has 3 rings (SSSR count). The molecule has 2 aromatic heterocycles. The van der Waals surface area contributed by atoms with Crippen molar-refractivity contribution in [3.63, 3.8) is 0 Å². The summed E-state index contributed by atoms with van der Waals surface area (Å²) in [6.45, 7) is 6.56. The van der Waals surface area contributed by atoms with Crippen LogP contribution in [0, 0.1) is 6.92 Å². The minimum Gasteiger partial charge on any atom is -0.315 e. The standard InChI is InChI=1S/C16H20BrN3S/c1-12-11-19-7-5-13(12)16(14-3-4-15(17)21-14)20-9-2-6-18-8-10-20/h3-5,7,11,16,18H,2,6,8-10H2,1H3. The van der Waals surface area contributed by atoms with Crippen LogP contribution in [0.25, 0.3) is 0 Å². The van der Waals surface area contributed by atoms with E-state index in [0.29, 0.717) is 6.04 Å². The number of aryl methyl sites for hydroxylation is 1. The lowest BCUT2D eigenvalue weighted by Crippen LogP contribution is -2.33. The summed E-state index contributed by atoms with van der Waals surface area (Å²) in [7, 11) is 0. The van der Waals surface area contributed by atoms with E-state index in [9.17, 15) is 0 Å². The van der Waals surface area contributed by atoms with Crippen LogP contribution in [-0.4, -0.2) is 36.1 Å². The molecule has 1 atom stereocenters. The van der Waals surface area contributed by atoms with E-state index < -0.39 is 0 Å². The SMILES string of the molecule is Cc1cnccc1C(c1ccc(Br)s1)N1CCCNCC1. The summed E-state index contributed by atoms with van der Waals surface area (Å²) in [6.07, 6.45) is 5.09. The number of thiophene rings is 1. The maximum atomic E-state index is 4.25. The predicted molar refractivity (Wildman–Crippen MR) is 91.9 cm³/mol. The third-order valence-corrected chi connectivity index (χ3v) is 5.64. The molecular weight excluding hydrogens is 346 g/mol. The van der Waals surface area contributed by atoms with Gasteiger partial charge in [-0.25, -0.2) is 0 Å². The number of hydrogen-bond acceptors (Lipinski definition) is 4. The average molecular weight is 366 g/mol. The summed E-state index contributed by atoms with van der Waals surface area (Å²) in [6, 6.07) is 6.91. The van der Waals surface area contributed by atoms with Crippen molar-refractivity contribution in [2.75, 3.05) is 26.2 Å². The molecule has 112 valence electrons. The second kappa shape index (κ2) is 7.01. The Labute approximate surface area is 138 Å². The number of rotatable bonds is 3. The first-order valence-corrected chi connectivity index (χ1v) is 8.97. The Morgan fingerprint density at radius 2 is 2.19 bits per heavy atom. The molecule has 0 spiro atoms. The molecule has 0 saturated carbocycles. The Bertz CT molecular complexity index is 591. The van der Waals surface area contributed by atoms with E-state index in [4.69, 9.17) is 0 Å². The third-order valence-electron chi connectivity index (χ3n) is 3.96. The largest absolute Gasteiger partial charge is 0.315 e. The van der Waals surface area contributed by atoms with Crippen molar-refractivity contribution in [2.45, 2.75) is 19.4 Å². The van der Waals surface area contributed by atoms with Crippen LogP contribution in [0.3, 0.4) is 0 Å². The van der Waals surface area contributed by atoms with Crippen LogP contribution in [0.5, 0.6) is 0 Å². The molecule has 1 fully saturated rings. The van der Waals surface area contributed by atoms with Crippen molar-refractivity contribution in [1.29, 1.82) is 0 Å². The minimum absolute atomic E-state index is 0.337. The van der Waals surface area contributed by atoms with Crippen molar-refractivity contribution in [2.24, 2.45) is 0 Å². The van der Waals surface area contributed by atoms with Crippen molar-refractivity contribution in [3.8, 4) is 0 Å². The van der Waals surface area contributed by atoms with E-state index >= 15 is 0 Å². The number of halogens is 1. The highest BCUT2D eigenvalue weighted by atomic mass is 79.9. The average Bonchev–Trinajstić information content (AvgIpc) is 2.74. The minimum atomic E-state index is 0.337. The van der Waals surface area contributed by atoms with Crippen molar-refractivity contribution < 1.29 is 0 Å². The molecule has 1 saturated heterocycles. The maximum absolute atomic E-state index is 4.25. The molecule has 3 nitrogen and oxygen atoms in total. The van der Waals surface area contributed by atoms with Gasteiger partial charge >= 0.3 is 0 Å². The Morgan fingerprint density at radius 1 is 1.29 bits per heavy atom.